The summed E-state index contributed by atoms with van der Waals surface area (Å²) in [6, 6.07) is 5.79. The first-order valence-electron chi connectivity index (χ1n) is 5.23. The van der Waals surface area contributed by atoms with E-state index in [1.54, 1.807) is 11.8 Å². The zero-order valence-corrected chi connectivity index (χ0v) is 10.0. The third-order valence-corrected chi connectivity index (χ3v) is 3.94. The van der Waals surface area contributed by atoms with Crippen LogP contribution in [-0.2, 0) is 11.2 Å². The largest absolute Gasteiger partial charge is 0.481 e. The Morgan fingerprint density at radius 2 is 2.25 bits per heavy atom. The lowest BCUT2D eigenvalue weighted by atomic mass is 9.96. The standard InChI is InChI=1S/C12H15NO2S/c1-16-10-6-8(2-3-9(10)13)7-12(4-5-12)11(14)15/h2-3,6H,4-5,7,13H2,1H3,(H,14,15). The van der Waals surface area contributed by atoms with E-state index in [4.69, 9.17) is 10.8 Å². The van der Waals surface area contributed by atoms with Gasteiger partial charge >= 0.3 is 5.97 Å². The fourth-order valence-electron chi connectivity index (χ4n) is 1.87. The monoisotopic (exact) mass is 237 g/mol. The van der Waals surface area contributed by atoms with E-state index in [0.29, 0.717) is 6.42 Å². The van der Waals surface area contributed by atoms with Gasteiger partial charge in [-0.3, -0.25) is 4.79 Å². The molecular weight excluding hydrogens is 222 g/mol. The number of hydrogen-bond donors (Lipinski definition) is 2. The Bertz CT molecular complexity index is 427. The van der Waals surface area contributed by atoms with Gasteiger partial charge < -0.3 is 10.8 Å². The summed E-state index contributed by atoms with van der Waals surface area (Å²) in [4.78, 5) is 12.1. The van der Waals surface area contributed by atoms with Crippen LogP contribution in [0.25, 0.3) is 0 Å². The molecule has 1 aliphatic carbocycles. The molecule has 1 aromatic carbocycles. The molecule has 0 radical (unpaired) electrons. The molecule has 16 heavy (non-hydrogen) atoms. The predicted octanol–water partition coefficient (Wildman–Crippen LogP) is 2.40. The average Bonchev–Trinajstić information content (AvgIpc) is 3.02. The molecule has 0 spiro atoms. The third kappa shape index (κ3) is 2.02. The number of nitrogens with two attached hydrogens (primary N) is 1. The lowest BCUT2D eigenvalue weighted by Crippen LogP contribution is -2.17. The van der Waals surface area contributed by atoms with Crippen molar-refractivity contribution < 1.29 is 9.90 Å². The van der Waals surface area contributed by atoms with Gasteiger partial charge in [0.1, 0.15) is 0 Å². The molecule has 0 unspecified atom stereocenters. The van der Waals surface area contributed by atoms with Crippen LogP contribution in [0.5, 0.6) is 0 Å². The van der Waals surface area contributed by atoms with Crippen molar-refractivity contribution in [1.82, 2.24) is 0 Å². The first kappa shape index (κ1) is 11.3. The smallest absolute Gasteiger partial charge is 0.309 e. The van der Waals surface area contributed by atoms with Crippen LogP contribution in [0.15, 0.2) is 23.1 Å². The molecule has 1 saturated carbocycles. The zero-order valence-electron chi connectivity index (χ0n) is 9.19. The molecule has 0 aliphatic heterocycles. The summed E-state index contributed by atoms with van der Waals surface area (Å²) in [6.45, 7) is 0. The fraction of sp³-hybridized carbons (Fsp3) is 0.417. The zero-order chi connectivity index (χ0) is 11.8. The van der Waals surface area contributed by atoms with E-state index in [2.05, 4.69) is 0 Å². The highest BCUT2D eigenvalue weighted by Gasteiger charge is 2.49. The minimum absolute atomic E-state index is 0.494. The summed E-state index contributed by atoms with van der Waals surface area (Å²) in [5.74, 6) is -0.671. The van der Waals surface area contributed by atoms with Crippen LogP contribution in [0.4, 0.5) is 5.69 Å². The van der Waals surface area contributed by atoms with E-state index in [1.165, 1.54) is 0 Å². The molecule has 0 aromatic heterocycles. The second-order valence-electron chi connectivity index (χ2n) is 4.34. The Morgan fingerprint density at radius 1 is 1.56 bits per heavy atom. The Morgan fingerprint density at radius 3 is 2.75 bits per heavy atom. The number of carbonyl (C=O) groups is 1. The molecule has 4 heteroatoms. The molecule has 86 valence electrons. The summed E-state index contributed by atoms with van der Waals surface area (Å²) < 4.78 is 0. The van der Waals surface area contributed by atoms with E-state index >= 15 is 0 Å². The summed E-state index contributed by atoms with van der Waals surface area (Å²) in [5.41, 5.74) is 7.14. The van der Waals surface area contributed by atoms with Gasteiger partial charge in [-0.25, -0.2) is 0 Å². The second kappa shape index (κ2) is 4.01. The van der Waals surface area contributed by atoms with Gasteiger partial charge in [-0.15, -0.1) is 11.8 Å². The molecule has 1 aliphatic rings. The molecule has 0 atom stereocenters. The summed E-state index contributed by atoms with van der Waals surface area (Å²) in [5, 5.41) is 9.12. The van der Waals surface area contributed by atoms with E-state index in [0.717, 1.165) is 29.0 Å². The maximum atomic E-state index is 11.1. The van der Waals surface area contributed by atoms with Crippen LogP contribution in [0.1, 0.15) is 18.4 Å². The van der Waals surface area contributed by atoms with Crippen molar-refractivity contribution >= 4 is 23.4 Å². The minimum Gasteiger partial charge on any atom is -0.481 e. The van der Waals surface area contributed by atoms with Crippen LogP contribution in [0, 0.1) is 5.41 Å². The van der Waals surface area contributed by atoms with Crippen molar-refractivity contribution in [2.75, 3.05) is 12.0 Å². The van der Waals surface area contributed by atoms with Crippen molar-refractivity contribution in [2.24, 2.45) is 5.41 Å². The average molecular weight is 237 g/mol. The molecule has 0 bridgehead atoms. The van der Waals surface area contributed by atoms with E-state index < -0.39 is 11.4 Å². The first-order chi connectivity index (χ1) is 7.57. The number of anilines is 1. The molecule has 0 amide bonds. The highest BCUT2D eigenvalue weighted by molar-refractivity contribution is 7.98. The van der Waals surface area contributed by atoms with Gasteiger partial charge in [0.05, 0.1) is 5.41 Å². The normalized spacial score (nSPS) is 17.1. The maximum Gasteiger partial charge on any atom is 0.309 e. The van der Waals surface area contributed by atoms with Gasteiger partial charge in [0.2, 0.25) is 0 Å². The molecule has 3 nitrogen and oxygen atoms in total. The predicted molar refractivity (Wildman–Crippen MR) is 65.6 cm³/mol. The first-order valence-corrected chi connectivity index (χ1v) is 6.46. The van der Waals surface area contributed by atoms with Crippen LogP contribution in [-0.4, -0.2) is 17.3 Å². The number of carboxylic acid groups (broad SMARTS) is 1. The van der Waals surface area contributed by atoms with Crippen molar-refractivity contribution in [3.63, 3.8) is 0 Å². The van der Waals surface area contributed by atoms with Gasteiger partial charge in [0.15, 0.2) is 0 Å². The van der Waals surface area contributed by atoms with Crippen LogP contribution in [0.3, 0.4) is 0 Å². The van der Waals surface area contributed by atoms with Crippen molar-refractivity contribution in [1.29, 1.82) is 0 Å². The quantitative estimate of drug-likeness (QED) is 0.623. The highest BCUT2D eigenvalue weighted by Crippen LogP contribution is 2.48. The van der Waals surface area contributed by atoms with Crippen LogP contribution in [0.2, 0.25) is 0 Å². The molecule has 2 rings (SSSR count). The molecule has 3 N–H and O–H groups in total. The van der Waals surface area contributed by atoms with Crippen LogP contribution < -0.4 is 5.73 Å². The lowest BCUT2D eigenvalue weighted by molar-refractivity contribution is -0.143. The lowest BCUT2D eigenvalue weighted by Gasteiger charge is -2.11. The SMILES string of the molecule is CSc1cc(CC2(C(=O)O)CC2)ccc1N. The Kier molecular flexibility index (Phi) is 2.84. The number of thioether (sulfide) groups is 1. The van der Waals surface area contributed by atoms with Crippen molar-refractivity contribution in [3.8, 4) is 0 Å². The molecular formula is C12H15NO2S. The number of hydrogen-bond acceptors (Lipinski definition) is 3. The number of benzene rings is 1. The highest BCUT2D eigenvalue weighted by atomic mass is 32.2. The van der Waals surface area contributed by atoms with Gasteiger partial charge in [-0.05, 0) is 43.2 Å². The molecule has 1 fully saturated rings. The summed E-state index contributed by atoms with van der Waals surface area (Å²) >= 11 is 1.59. The number of nitrogen functional groups attached to an aromatic ring is 1. The Balaban J connectivity index is 2.19. The maximum absolute atomic E-state index is 11.1. The summed E-state index contributed by atoms with van der Waals surface area (Å²) in [7, 11) is 0. The molecule has 1 aromatic rings. The Labute approximate surface area is 99.0 Å². The number of carboxylic acids is 1. The van der Waals surface area contributed by atoms with Crippen molar-refractivity contribution in [3.05, 3.63) is 23.8 Å². The topological polar surface area (TPSA) is 63.3 Å². The van der Waals surface area contributed by atoms with Crippen molar-refractivity contribution in [2.45, 2.75) is 24.2 Å². The third-order valence-electron chi connectivity index (χ3n) is 3.15. The van der Waals surface area contributed by atoms with Gasteiger partial charge in [-0.2, -0.15) is 0 Å². The van der Waals surface area contributed by atoms with E-state index in [1.807, 2.05) is 24.5 Å². The fourth-order valence-corrected chi connectivity index (χ4v) is 2.45. The number of aliphatic carboxylic acids is 1. The van der Waals surface area contributed by atoms with Gasteiger partial charge in [-0.1, -0.05) is 6.07 Å². The van der Waals surface area contributed by atoms with Crippen LogP contribution >= 0.6 is 11.8 Å². The minimum atomic E-state index is -0.671. The number of rotatable bonds is 4. The Hall–Kier alpha value is -1.16. The summed E-state index contributed by atoms with van der Waals surface area (Å²) in [6.07, 6.45) is 4.18. The molecule has 0 saturated heterocycles. The second-order valence-corrected chi connectivity index (χ2v) is 5.19. The van der Waals surface area contributed by atoms with Gasteiger partial charge in [0, 0.05) is 10.6 Å². The molecule has 0 heterocycles. The van der Waals surface area contributed by atoms with E-state index in [9.17, 15) is 4.79 Å². The van der Waals surface area contributed by atoms with Gasteiger partial charge in [0.25, 0.3) is 0 Å². The van der Waals surface area contributed by atoms with E-state index in [-0.39, 0.29) is 0 Å².